The molecule has 2 rings (SSSR count). The minimum absolute atomic E-state index is 0.357. The van der Waals surface area contributed by atoms with Crippen molar-refractivity contribution in [3.05, 3.63) is 34.5 Å². The fraction of sp³-hybridized carbons (Fsp3) is 0.200. The highest BCUT2D eigenvalue weighted by Gasteiger charge is 2.21. The van der Waals surface area contributed by atoms with Gasteiger partial charge in [0, 0.05) is 9.86 Å². The number of primary sulfonamides is 1. The molecule has 0 saturated heterocycles. The van der Waals surface area contributed by atoms with Crippen LogP contribution in [0, 0.1) is 0 Å². The van der Waals surface area contributed by atoms with Crippen LogP contribution >= 0.6 is 15.9 Å². The number of fused-ring (bicyclic) bond motifs is 1. The van der Waals surface area contributed by atoms with E-state index in [1.807, 2.05) is 12.1 Å². The number of hydrogen-bond acceptors (Lipinski definition) is 3. The van der Waals surface area contributed by atoms with Crippen molar-refractivity contribution in [2.45, 2.75) is 12.2 Å². The first-order chi connectivity index (χ1) is 7.38. The van der Waals surface area contributed by atoms with E-state index in [0.29, 0.717) is 11.3 Å². The van der Waals surface area contributed by atoms with Crippen LogP contribution in [0.5, 0.6) is 0 Å². The lowest BCUT2D eigenvalue weighted by atomic mass is 10.2. The number of nitrogens with two attached hydrogens (primary N) is 1. The highest BCUT2D eigenvalue weighted by molar-refractivity contribution is 9.10. The molecule has 1 unspecified atom stereocenters. The van der Waals surface area contributed by atoms with Crippen LogP contribution < -0.4 is 5.14 Å². The largest absolute Gasteiger partial charge is 0.460 e. The summed E-state index contributed by atoms with van der Waals surface area (Å²) in [5.74, 6) is 0.357. The van der Waals surface area contributed by atoms with Gasteiger partial charge in [-0.25, -0.2) is 13.6 Å². The maximum absolute atomic E-state index is 11.2. The summed E-state index contributed by atoms with van der Waals surface area (Å²) in [7, 11) is -3.62. The second kappa shape index (κ2) is 3.87. The summed E-state index contributed by atoms with van der Waals surface area (Å²) < 4.78 is 28.7. The molecule has 1 atom stereocenters. The second-order valence-corrected chi connectivity index (χ2v) is 6.36. The van der Waals surface area contributed by atoms with Crippen LogP contribution in [0.1, 0.15) is 17.9 Å². The molecule has 2 N–H and O–H groups in total. The minimum Gasteiger partial charge on any atom is -0.460 e. The van der Waals surface area contributed by atoms with Crippen molar-refractivity contribution in [1.29, 1.82) is 0 Å². The predicted molar refractivity (Wildman–Crippen MR) is 65.4 cm³/mol. The third-order valence-electron chi connectivity index (χ3n) is 2.39. The molecular weight excluding hydrogens is 294 g/mol. The van der Waals surface area contributed by atoms with E-state index in [0.717, 1.165) is 9.86 Å². The fourth-order valence-corrected chi connectivity index (χ4v) is 2.22. The lowest BCUT2D eigenvalue weighted by Crippen LogP contribution is -2.18. The average Bonchev–Trinajstić information content (AvgIpc) is 2.57. The molecule has 6 heteroatoms. The van der Waals surface area contributed by atoms with Gasteiger partial charge in [0.25, 0.3) is 0 Å². The zero-order chi connectivity index (χ0) is 11.9. The van der Waals surface area contributed by atoms with E-state index in [1.165, 1.54) is 6.92 Å². The Kier molecular flexibility index (Phi) is 2.81. The lowest BCUT2D eigenvalue weighted by Gasteiger charge is -2.03. The van der Waals surface area contributed by atoms with Crippen LogP contribution in [0.3, 0.4) is 0 Å². The van der Waals surface area contributed by atoms with E-state index in [-0.39, 0.29) is 0 Å². The number of furan rings is 1. The van der Waals surface area contributed by atoms with Gasteiger partial charge in [0.2, 0.25) is 10.0 Å². The second-order valence-electron chi connectivity index (χ2n) is 3.56. The Labute approximate surface area is 102 Å². The molecule has 86 valence electrons. The average molecular weight is 304 g/mol. The molecule has 0 bridgehead atoms. The summed E-state index contributed by atoms with van der Waals surface area (Å²) in [6, 6.07) is 7.16. The maximum atomic E-state index is 11.2. The van der Waals surface area contributed by atoms with Crippen molar-refractivity contribution in [2.75, 3.05) is 0 Å². The molecule has 0 fully saturated rings. The van der Waals surface area contributed by atoms with Crippen LogP contribution in [-0.4, -0.2) is 8.42 Å². The molecule has 1 aromatic carbocycles. The Morgan fingerprint density at radius 2 is 2.06 bits per heavy atom. The molecule has 0 saturated carbocycles. The van der Waals surface area contributed by atoms with Crippen LogP contribution in [-0.2, 0) is 10.0 Å². The van der Waals surface area contributed by atoms with E-state index in [9.17, 15) is 8.42 Å². The van der Waals surface area contributed by atoms with Crippen LogP contribution in [0.15, 0.2) is 33.2 Å². The zero-order valence-corrected chi connectivity index (χ0v) is 10.9. The first-order valence-electron chi connectivity index (χ1n) is 4.58. The summed E-state index contributed by atoms with van der Waals surface area (Å²) in [5.41, 5.74) is 0.647. The monoisotopic (exact) mass is 303 g/mol. The molecule has 16 heavy (non-hydrogen) atoms. The third-order valence-corrected chi connectivity index (χ3v) is 4.10. The molecule has 0 aliphatic heterocycles. The number of sulfonamides is 1. The van der Waals surface area contributed by atoms with Crippen LogP contribution in [0.2, 0.25) is 0 Å². The zero-order valence-electron chi connectivity index (χ0n) is 8.48. The third kappa shape index (κ3) is 2.14. The Balaban J connectivity index is 2.56. The van der Waals surface area contributed by atoms with Gasteiger partial charge >= 0.3 is 0 Å². The fourth-order valence-electron chi connectivity index (χ4n) is 1.40. The molecular formula is C10H10BrNO3S. The van der Waals surface area contributed by atoms with Crippen molar-refractivity contribution in [2.24, 2.45) is 5.14 Å². The summed E-state index contributed by atoms with van der Waals surface area (Å²) >= 11 is 3.33. The highest BCUT2D eigenvalue weighted by Crippen LogP contribution is 2.28. The van der Waals surface area contributed by atoms with Gasteiger partial charge in [-0.3, -0.25) is 0 Å². The number of rotatable bonds is 2. The van der Waals surface area contributed by atoms with Gasteiger partial charge in [-0.2, -0.15) is 0 Å². The first kappa shape index (κ1) is 11.6. The normalized spacial score (nSPS) is 14.2. The van der Waals surface area contributed by atoms with Gasteiger partial charge < -0.3 is 4.42 Å². The lowest BCUT2D eigenvalue weighted by molar-refractivity contribution is 0.529. The van der Waals surface area contributed by atoms with E-state index < -0.39 is 15.3 Å². The Morgan fingerprint density at radius 3 is 2.69 bits per heavy atom. The minimum atomic E-state index is -3.62. The summed E-state index contributed by atoms with van der Waals surface area (Å²) in [5, 5.41) is 5.08. The van der Waals surface area contributed by atoms with Gasteiger partial charge in [-0.05, 0) is 31.2 Å². The van der Waals surface area contributed by atoms with Gasteiger partial charge in [-0.1, -0.05) is 15.9 Å². The number of halogens is 1. The molecule has 1 heterocycles. The van der Waals surface area contributed by atoms with E-state index >= 15 is 0 Å². The quantitative estimate of drug-likeness (QED) is 0.926. The Hall–Kier alpha value is -0.850. The molecule has 0 aliphatic carbocycles. The smallest absolute Gasteiger partial charge is 0.219 e. The molecule has 1 aromatic heterocycles. The van der Waals surface area contributed by atoms with Crippen molar-refractivity contribution < 1.29 is 12.8 Å². The molecule has 4 nitrogen and oxygen atoms in total. The Bertz CT molecular complexity index is 633. The van der Waals surface area contributed by atoms with Crippen molar-refractivity contribution in [3.8, 4) is 0 Å². The summed E-state index contributed by atoms with van der Waals surface area (Å²) in [6.45, 7) is 1.50. The maximum Gasteiger partial charge on any atom is 0.219 e. The van der Waals surface area contributed by atoms with Crippen molar-refractivity contribution in [3.63, 3.8) is 0 Å². The Morgan fingerprint density at radius 1 is 1.38 bits per heavy atom. The predicted octanol–water partition coefficient (Wildman–Crippen LogP) is 2.54. The van der Waals surface area contributed by atoms with Crippen LogP contribution in [0.4, 0.5) is 0 Å². The summed E-state index contributed by atoms with van der Waals surface area (Å²) in [4.78, 5) is 0. The molecule has 0 radical (unpaired) electrons. The van der Waals surface area contributed by atoms with Crippen LogP contribution in [0.25, 0.3) is 11.0 Å². The first-order valence-corrected chi connectivity index (χ1v) is 6.99. The molecule has 0 spiro atoms. The van der Waals surface area contributed by atoms with E-state index in [2.05, 4.69) is 15.9 Å². The van der Waals surface area contributed by atoms with Crippen molar-refractivity contribution in [1.82, 2.24) is 0 Å². The number of hydrogen-bond donors (Lipinski definition) is 1. The van der Waals surface area contributed by atoms with Crippen molar-refractivity contribution >= 4 is 36.9 Å². The van der Waals surface area contributed by atoms with Gasteiger partial charge in [0.05, 0.1) is 0 Å². The van der Waals surface area contributed by atoms with Gasteiger partial charge in [-0.15, -0.1) is 0 Å². The van der Waals surface area contributed by atoms with Gasteiger partial charge in [0.15, 0.2) is 0 Å². The number of benzene rings is 1. The van der Waals surface area contributed by atoms with E-state index in [4.69, 9.17) is 9.56 Å². The highest BCUT2D eigenvalue weighted by atomic mass is 79.9. The SMILES string of the molecule is CC(c1cc2cc(Br)ccc2o1)S(N)(=O)=O. The van der Waals surface area contributed by atoms with Gasteiger partial charge in [0.1, 0.15) is 16.6 Å². The topological polar surface area (TPSA) is 73.3 Å². The molecule has 0 amide bonds. The molecule has 0 aliphatic rings. The van der Waals surface area contributed by atoms with E-state index in [1.54, 1.807) is 12.1 Å². The summed E-state index contributed by atoms with van der Waals surface area (Å²) in [6.07, 6.45) is 0. The molecule has 2 aromatic rings. The standard InChI is InChI=1S/C10H10BrNO3S/c1-6(16(12,13)14)10-5-7-4-8(11)2-3-9(7)15-10/h2-6H,1H3,(H2,12,13,14).